The number of hydrogen-bond donors (Lipinski definition) is 2. The Morgan fingerprint density at radius 3 is 2.88 bits per heavy atom. The third-order valence-corrected chi connectivity index (χ3v) is 4.68. The first kappa shape index (κ1) is 12.4. The van der Waals surface area contributed by atoms with Crippen LogP contribution in [0.25, 0.3) is 0 Å². The Bertz CT molecular complexity index is 327. The van der Waals surface area contributed by atoms with Crippen LogP contribution in [0, 0.1) is 11.8 Å². The van der Waals surface area contributed by atoms with Gasteiger partial charge in [-0.2, -0.15) is 0 Å². The molecular formula is C12H19ClN2S. The Morgan fingerprint density at radius 1 is 1.38 bits per heavy atom. The zero-order valence-corrected chi connectivity index (χ0v) is 11.0. The van der Waals surface area contributed by atoms with E-state index in [4.69, 9.17) is 17.3 Å². The topological polar surface area (TPSA) is 38.0 Å². The van der Waals surface area contributed by atoms with E-state index < -0.39 is 0 Å². The average molecular weight is 259 g/mol. The van der Waals surface area contributed by atoms with Crippen LogP contribution in [0.3, 0.4) is 0 Å². The molecule has 1 heterocycles. The fourth-order valence-corrected chi connectivity index (χ4v) is 3.58. The van der Waals surface area contributed by atoms with Crippen molar-refractivity contribution in [3.63, 3.8) is 0 Å². The molecule has 0 saturated heterocycles. The summed E-state index contributed by atoms with van der Waals surface area (Å²) in [6.45, 7) is 2.87. The molecule has 1 aliphatic carbocycles. The number of thiophene rings is 1. The molecule has 2 rings (SSSR count). The molecule has 16 heavy (non-hydrogen) atoms. The number of rotatable bonds is 5. The van der Waals surface area contributed by atoms with Crippen molar-refractivity contribution in [3.05, 3.63) is 21.3 Å². The van der Waals surface area contributed by atoms with Crippen LogP contribution in [0.2, 0.25) is 4.34 Å². The van der Waals surface area contributed by atoms with Crippen LogP contribution in [-0.4, -0.2) is 13.1 Å². The van der Waals surface area contributed by atoms with E-state index in [1.807, 2.05) is 6.07 Å². The summed E-state index contributed by atoms with van der Waals surface area (Å²) < 4.78 is 0.873. The van der Waals surface area contributed by atoms with E-state index in [1.165, 1.54) is 24.1 Å². The first-order valence-electron chi connectivity index (χ1n) is 5.94. The van der Waals surface area contributed by atoms with Crippen molar-refractivity contribution in [3.8, 4) is 0 Å². The summed E-state index contributed by atoms with van der Waals surface area (Å²) in [6, 6.07) is 4.05. The Balaban J connectivity index is 1.71. The lowest BCUT2D eigenvalue weighted by molar-refractivity contribution is 0.374. The number of hydrogen-bond acceptors (Lipinski definition) is 3. The van der Waals surface area contributed by atoms with Crippen LogP contribution < -0.4 is 11.1 Å². The fourth-order valence-electron chi connectivity index (χ4n) is 2.52. The molecule has 0 radical (unpaired) electrons. The fraction of sp³-hybridized carbons (Fsp3) is 0.667. The smallest absolute Gasteiger partial charge is 0.0931 e. The molecule has 2 atom stereocenters. The van der Waals surface area contributed by atoms with Gasteiger partial charge < -0.3 is 11.1 Å². The maximum absolute atomic E-state index is 5.89. The van der Waals surface area contributed by atoms with Crippen LogP contribution in [0.15, 0.2) is 12.1 Å². The van der Waals surface area contributed by atoms with E-state index in [2.05, 4.69) is 11.4 Å². The normalized spacial score (nSPS) is 25.1. The molecule has 0 amide bonds. The number of halogens is 1. The molecule has 4 heteroatoms. The molecule has 1 fully saturated rings. The van der Waals surface area contributed by atoms with Crippen molar-refractivity contribution in [1.29, 1.82) is 0 Å². The summed E-state index contributed by atoms with van der Waals surface area (Å²) in [5.74, 6) is 1.51. The standard InChI is InChI=1S/C12H19ClN2S/c13-12-5-4-11(16-12)8-15-7-10-3-1-2-9(10)6-14/h4-5,9-10,15H,1-3,6-8,14H2. The van der Waals surface area contributed by atoms with Crippen molar-refractivity contribution in [2.45, 2.75) is 25.8 Å². The van der Waals surface area contributed by atoms with Gasteiger partial charge in [-0.1, -0.05) is 18.0 Å². The lowest BCUT2D eigenvalue weighted by Crippen LogP contribution is -2.28. The molecule has 1 aromatic heterocycles. The first-order valence-corrected chi connectivity index (χ1v) is 7.14. The van der Waals surface area contributed by atoms with E-state index in [0.717, 1.165) is 35.8 Å². The quantitative estimate of drug-likeness (QED) is 0.852. The van der Waals surface area contributed by atoms with Crippen molar-refractivity contribution in [1.82, 2.24) is 5.32 Å². The summed E-state index contributed by atoms with van der Waals surface area (Å²) in [6.07, 6.45) is 3.99. The molecule has 3 N–H and O–H groups in total. The third kappa shape index (κ3) is 3.20. The monoisotopic (exact) mass is 258 g/mol. The predicted octanol–water partition coefficient (Wildman–Crippen LogP) is 2.87. The van der Waals surface area contributed by atoms with E-state index in [9.17, 15) is 0 Å². The van der Waals surface area contributed by atoms with Gasteiger partial charge in [0.2, 0.25) is 0 Å². The highest BCUT2D eigenvalue weighted by Gasteiger charge is 2.25. The summed E-state index contributed by atoms with van der Waals surface area (Å²) in [5, 5.41) is 3.52. The SMILES string of the molecule is NCC1CCCC1CNCc1ccc(Cl)s1. The molecule has 2 nitrogen and oxygen atoms in total. The van der Waals surface area contributed by atoms with Crippen molar-refractivity contribution in [2.75, 3.05) is 13.1 Å². The van der Waals surface area contributed by atoms with Crippen LogP contribution >= 0.6 is 22.9 Å². The predicted molar refractivity (Wildman–Crippen MR) is 70.9 cm³/mol. The Kier molecular flexibility index (Phi) is 4.65. The Labute approximate surface area is 106 Å². The minimum Gasteiger partial charge on any atom is -0.330 e. The van der Waals surface area contributed by atoms with Gasteiger partial charge in [-0.3, -0.25) is 0 Å². The lowest BCUT2D eigenvalue weighted by Gasteiger charge is -2.17. The number of nitrogens with one attached hydrogen (secondary N) is 1. The zero-order chi connectivity index (χ0) is 11.4. The minimum atomic E-state index is 0.736. The molecular weight excluding hydrogens is 240 g/mol. The molecule has 0 spiro atoms. The van der Waals surface area contributed by atoms with Gasteiger partial charge in [-0.25, -0.2) is 0 Å². The maximum atomic E-state index is 5.89. The van der Waals surface area contributed by atoms with Crippen molar-refractivity contribution in [2.24, 2.45) is 17.6 Å². The largest absolute Gasteiger partial charge is 0.330 e. The van der Waals surface area contributed by atoms with Gasteiger partial charge >= 0.3 is 0 Å². The lowest BCUT2D eigenvalue weighted by atomic mass is 9.96. The van der Waals surface area contributed by atoms with Gasteiger partial charge in [0.1, 0.15) is 0 Å². The summed E-state index contributed by atoms with van der Waals surface area (Å²) in [4.78, 5) is 1.31. The second-order valence-electron chi connectivity index (χ2n) is 4.52. The van der Waals surface area contributed by atoms with Gasteiger partial charge in [-0.05, 0) is 49.9 Å². The van der Waals surface area contributed by atoms with Crippen molar-refractivity contribution < 1.29 is 0 Å². The molecule has 1 aromatic rings. The molecule has 90 valence electrons. The van der Waals surface area contributed by atoms with Crippen LogP contribution in [-0.2, 0) is 6.54 Å². The molecule has 0 aromatic carbocycles. The molecule has 0 bridgehead atoms. The van der Waals surface area contributed by atoms with Crippen LogP contribution in [0.5, 0.6) is 0 Å². The van der Waals surface area contributed by atoms with Gasteiger partial charge in [0.25, 0.3) is 0 Å². The second-order valence-corrected chi connectivity index (χ2v) is 6.32. The maximum Gasteiger partial charge on any atom is 0.0931 e. The zero-order valence-electron chi connectivity index (χ0n) is 9.42. The first-order chi connectivity index (χ1) is 7.79. The Hall–Kier alpha value is -0.0900. The van der Waals surface area contributed by atoms with Gasteiger partial charge in [-0.15, -0.1) is 11.3 Å². The average Bonchev–Trinajstić information content (AvgIpc) is 2.87. The van der Waals surface area contributed by atoms with E-state index in [-0.39, 0.29) is 0 Å². The van der Waals surface area contributed by atoms with Gasteiger partial charge in [0.15, 0.2) is 0 Å². The summed E-state index contributed by atoms with van der Waals surface area (Å²) in [5.41, 5.74) is 5.77. The van der Waals surface area contributed by atoms with Gasteiger partial charge in [0.05, 0.1) is 4.34 Å². The van der Waals surface area contributed by atoms with Crippen molar-refractivity contribution >= 4 is 22.9 Å². The second kappa shape index (κ2) is 6.01. The summed E-state index contributed by atoms with van der Waals surface area (Å²) >= 11 is 7.54. The minimum absolute atomic E-state index is 0.736. The number of nitrogens with two attached hydrogens (primary N) is 1. The Morgan fingerprint density at radius 2 is 2.19 bits per heavy atom. The van der Waals surface area contributed by atoms with E-state index in [0.29, 0.717) is 0 Å². The van der Waals surface area contributed by atoms with Crippen LogP contribution in [0.4, 0.5) is 0 Å². The molecule has 0 aliphatic heterocycles. The summed E-state index contributed by atoms with van der Waals surface area (Å²) in [7, 11) is 0. The van der Waals surface area contributed by atoms with Crippen LogP contribution in [0.1, 0.15) is 24.1 Å². The molecule has 1 aliphatic rings. The highest BCUT2D eigenvalue weighted by atomic mass is 35.5. The van der Waals surface area contributed by atoms with E-state index >= 15 is 0 Å². The molecule has 1 saturated carbocycles. The third-order valence-electron chi connectivity index (χ3n) is 3.45. The molecule has 2 unspecified atom stereocenters. The van der Waals surface area contributed by atoms with E-state index in [1.54, 1.807) is 11.3 Å². The highest BCUT2D eigenvalue weighted by molar-refractivity contribution is 7.16. The van der Waals surface area contributed by atoms with Gasteiger partial charge in [0, 0.05) is 11.4 Å². The highest BCUT2D eigenvalue weighted by Crippen LogP contribution is 2.30.